The van der Waals surface area contributed by atoms with Crippen LogP contribution in [-0.4, -0.2) is 27.3 Å². The number of nitrogens with one attached hydrogen (secondary N) is 2. The number of carbonyl (C=O) groups is 1. The number of benzene rings is 1. The molecule has 0 spiro atoms. The van der Waals surface area contributed by atoms with Gasteiger partial charge in [-0.15, -0.1) is 10.2 Å². The van der Waals surface area contributed by atoms with Crippen LogP contribution in [0, 0.1) is 0 Å². The molecule has 126 valence electrons. The van der Waals surface area contributed by atoms with Crippen molar-refractivity contribution in [1.82, 2.24) is 25.4 Å². The van der Waals surface area contributed by atoms with Gasteiger partial charge < -0.3 is 15.2 Å². The largest absolute Gasteiger partial charge is 0.337 e. The minimum absolute atomic E-state index is 0.123. The zero-order chi connectivity index (χ0) is 16.6. The normalized spacial score (nSPS) is 18.7. The van der Waals surface area contributed by atoms with Crippen molar-refractivity contribution in [3.8, 4) is 0 Å². The molecule has 2 heterocycles. The first-order chi connectivity index (χ1) is 11.7. The summed E-state index contributed by atoms with van der Waals surface area (Å²) < 4.78 is 2.12. The minimum Gasteiger partial charge on any atom is -0.337 e. The monoisotopic (exact) mass is 325 g/mol. The molecule has 6 nitrogen and oxygen atoms in total. The number of nitrogens with zero attached hydrogens (tertiary/aromatic N) is 3. The van der Waals surface area contributed by atoms with Crippen molar-refractivity contribution in [2.75, 3.05) is 6.54 Å². The van der Waals surface area contributed by atoms with Gasteiger partial charge in [0.1, 0.15) is 5.82 Å². The second-order valence-corrected chi connectivity index (χ2v) is 6.92. The highest BCUT2D eigenvalue weighted by Crippen LogP contribution is 2.47. The molecule has 1 aromatic heterocycles. The predicted octanol–water partition coefficient (Wildman–Crippen LogP) is 2.32. The fourth-order valence-electron chi connectivity index (χ4n) is 3.57. The maximum Gasteiger partial charge on any atom is 0.315 e. The van der Waals surface area contributed by atoms with E-state index in [0.717, 1.165) is 43.9 Å². The zero-order valence-corrected chi connectivity index (χ0v) is 14.0. The van der Waals surface area contributed by atoms with Gasteiger partial charge in [-0.05, 0) is 31.7 Å². The first-order valence-electron chi connectivity index (χ1n) is 8.70. The Labute approximate surface area is 141 Å². The van der Waals surface area contributed by atoms with Crippen LogP contribution in [0.4, 0.5) is 4.79 Å². The van der Waals surface area contributed by atoms with Crippen LogP contribution >= 0.6 is 0 Å². The van der Waals surface area contributed by atoms with Gasteiger partial charge >= 0.3 is 6.03 Å². The van der Waals surface area contributed by atoms with Crippen LogP contribution in [0.5, 0.6) is 0 Å². The molecule has 0 saturated heterocycles. The van der Waals surface area contributed by atoms with Crippen molar-refractivity contribution < 1.29 is 4.79 Å². The molecule has 2 aromatic rings. The molecule has 1 aromatic carbocycles. The van der Waals surface area contributed by atoms with Crippen LogP contribution in [0.3, 0.4) is 0 Å². The van der Waals surface area contributed by atoms with Crippen molar-refractivity contribution in [3.05, 3.63) is 47.5 Å². The third-order valence-corrected chi connectivity index (χ3v) is 5.20. The maximum absolute atomic E-state index is 12.3. The number of fused-ring (bicyclic) bond motifs is 1. The van der Waals surface area contributed by atoms with E-state index in [-0.39, 0.29) is 17.5 Å². The van der Waals surface area contributed by atoms with E-state index in [9.17, 15) is 4.79 Å². The Balaban J connectivity index is 1.34. The summed E-state index contributed by atoms with van der Waals surface area (Å²) in [5.41, 5.74) is 1.44. The fourth-order valence-corrected chi connectivity index (χ4v) is 3.57. The summed E-state index contributed by atoms with van der Waals surface area (Å²) in [6, 6.07) is 10.2. The number of aromatic nitrogens is 3. The van der Waals surface area contributed by atoms with Gasteiger partial charge in [0.15, 0.2) is 5.82 Å². The molecule has 0 radical (unpaired) electrons. The van der Waals surface area contributed by atoms with Crippen molar-refractivity contribution in [2.24, 2.45) is 0 Å². The molecule has 2 aliphatic rings. The summed E-state index contributed by atoms with van der Waals surface area (Å²) in [6.07, 6.45) is 4.34. The second kappa shape index (κ2) is 5.92. The highest BCUT2D eigenvalue weighted by molar-refractivity contribution is 5.74. The Morgan fingerprint density at radius 1 is 1.29 bits per heavy atom. The second-order valence-electron chi connectivity index (χ2n) is 6.92. The summed E-state index contributed by atoms with van der Waals surface area (Å²) in [5, 5.41) is 14.5. The molecule has 2 N–H and O–H groups in total. The van der Waals surface area contributed by atoms with E-state index in [4.69, 9.17) is 0 Å². The van der Waals surface area contributed by atoms with Crippen LogP contribution in [-0.2, 0) is 18.4 Å². The van der Waals surface area contributed by atoms with Crippen molar-refractivity contribution >= 4 is 6.03 Å². The Morgan fingerprint density at radius 2 is 2.08 bits per heavy atom. The van der Waals surface area contributed by atoms with E-state index in [1.165, 1.54) is 5.56 Å². The van der Waals surface area contributed by atoms with Gasteiger partial charge in [0.2, 0.25) is 0 Å². The van der Waals surface area contributed by atoms with Gasteiger partial charge in [0.25, 0.3) is 0 Å². The summed E-state index contributed by atoms with van der Waals surface area (Å²) >= 11 is 0. The highest BCUT2D eigenvalue weighted by atomic mass is 16.2. The number of aryl methyl sites for hydroxylation is 1. The van der Waals surface area contributed by atoms with E-state index in [1.807, 2.05) is 13.0 Å². The van der Waals surface area contributed by atoms with Crippen molar-refractivity contribution in [1.29, 1.82) is 0 Å². The van der Waals surface area contributed by atoms with Crippen LogP contribution in [0.2, 0.25) is 0 Å². The summed E-state index contributed by atoms with van der Waals surface area (Å²) in [7, 11) is 0. The molecule has 1 aliphatic carbocycles. The standard InChI is InChI=1S/C18H23N5O/c1-13(16-22-21-15-8-5-11-23(15)16)20-17(24)19-12-18(9-10-18)14-6-3-2-4-7-14/h2-4,6-7,13H,5,8-12H2,1H3,(H2,19,20,24)/t13-/m0/s1. The lowest BCUT2D eigenvalue weighted by Crippen LogP contribution is -2.41. The molecule has 1 aliphatic heterocycles. The number of carbonyl (C=O) groups excluding carboxylic acids is 1. The topological polar surface area (TPSA) is 71.8 Å². The van der Waals surface area contributed by atoms with E-state index >= 15 is 0 Å². The van der Waals surface area contributed by atoms with Gasteiger partial charge in [-0.25, -0.2) is 4.79 Å². The average molecular weight is 325 g/mol. The molecule has 0 bridgehead atoms. The zero-order valence-electron chi connectivity index (χ0n) is 14.0. The average Bonchev–Trinajstić information content (AvgIpc) is 3.05. The van der Waals surface area contributed by atoms with Gasteiger partial charge in [-0.3, -0.25) is 0 Å². The number of rotatable bonds is 5. The van der Waals surface area contributed by atoms with Gasteiger partial charge in [-0.1, -0.05) is 30.3 Å². The lowest BCUT2D eigenvalue weighted by atomic mass is 9.96. The molecule has 4 rings (SSSR count). The molecular formula is C18H23N5O. The third-order valence-electron chi connectivity index (χ3n) is 5.20. The van der Waals surface area contributed by atoms with Crippen LogP contribution in [0.15, 0.2) is 30.3 Å². The molecular weight excluding hydrogens is 302 g/mol. The van der Waals surface area contributed by atoms with Crippen molar-refractivity contribution in [3.63, 3.8) is 0 Å². The Hall–Kier alpha value is -2.37. The van der Waals surface area contributed by atoms with E-state index in [2.05, 4.69) is 49.7 Å². The molecule has 0 unspecified atom stereocenters. The molecule has 24 heavy (non-hydrogen) atoms. The molecule has 1 atom stereocenters. The Kier molecular flexibility index (Phi) is 3.75. The Bertz CT molecular complexity index is 735. The number of hydrogen-bond acceptors (Lipinski definition) is 3. The highest BCUT2D eigenvalue weighted by Gasteiger charge is 2.44. The molecule has 2 amide bonds. The number of hydrogen-bond donors (Lipinski definition) is 2. The minimum atomic E-state index is -0.142. The first kappa shape index (κ1) is 15.2. The molecule has 1 saturated carbocycles. The van der Waals surface area contributed by atoms with E-state index in [1.54, 1.807) is 0 Å². The Morgan fingerprint density at radius 3 is 2.83 bits per heavy atom. The maximum atomic E-state index is 12.3. The lowest BCUT2D eigenvalue weighted by molar-refractivity contribution is 0.236. The summed E-state index contributed by atoms with van der Waals surface area (Å²) in [4.78, 5) is 12.3. The third kappa shape index (κ3) is 2.77. The quantitative estimate of drug-likeness (QED) is 0.886. The van der Waals surface area contributed by atoms with Gasteiger partial charge in [0.05, 0.1) is 6.04 Å². The van der Waals surface area contributed by atoms with Crippen LogP contribution < -0.4 is 10.6 Å². The predicted molar refractivity (Wildman–Crippen MR) is 90.6 cm³/mol. The first-order valence-corrected chi connectivity index (χ1v) is 8.70. The van der Waals surface area contributed by atoms with Crippen molar-refractivity contribution in [2.45, 2.75) is 50.6 Å². The summed E-state index contributed by atoms with van der Waals surface area (Å²) in [6.45, 7) is 3.58. The van der Waals surface area contributed by atoms with E-state index in [0.29, 0.717) is 6.54 Å². The molecule has 1 fully saturated rings. The van der Waals surface area contributed by atoms with Gasteiger partial charge in [-0.2, -0.15) is 0 Å². The SMILES string of the molecule is C[C@H](NC(=O)NCC1(c2ccccc2)CC1)c1nnc2n1CCC2. The van der Waals surface area contributed by atoms with Gasteiger partial charge in [0, 0.05) is 24.9 Å². The number of amides is 2. The summed E-state index contributed by atoms with van der Waals surface area (Å²) in [5.74, 6) is 1.88. The molecule has 6 heteroatoms. The lowest BCUT2D eigenvalue weighted by Gasteiger charge is -2.19. The van der Waals surface area contributed by atoms with Crippen LogP contribution in [0.1, 0.15) is 49.4 Å². The van der Waals surface area contributed by atoms with E-state index < -0.39 is 0 Å². The fraction of sp³-hybridized carbons (Fsp3) is 0.500. The van der Waals surface area contributed by atoms with Crippen LogP contribution in [0.25, 0.3) is 0 Å². The number of urea groups is 1. The smallest absolute Gasteiger partial charge is 0.315 e.